The van der Waals surface area contributed by atoms with E-state index in [1.54, 1.807) is 54.3 Å². The van der Waals surface area contributed by atoms with Gasteiger partial charge in [0, 0.05) is 36.6 Å². The van der Waals surface area contributed by atoms with Gasteiger partial charge in [-0.15, -0.1) is 0 Å². The van der Waals surface area contributed by atoms with Crippen molar-refractivity contribution >= 4 is 40.1 Å². The van der Waals surface area contributed by atoms with Crippen molar-refractivity contribution in [3.63, 3.8) is 0 Å². The first-order valence-corrected chi connectivity index (χ1v) is 12.6. The third kappa shape index (κ3) is 4.89. The number of piperazine rings is 1. The average molecular weight is 538 g/mol. The molecule has 38 heavy (non-hydrogen) atoms. The van der Waals surface area contributed by atoms with E-state index >= 15 is 0 Å². The lowest BCUT2D eigenvalue weighted by Crippen LogP contribution is -2.49. The number of amides is 1. The molecule has 0 N–H and O–H groups in total. The van der Waals surface area contributed by atoms with Crippen LogP contribution in [0.25, 0.3) is 10.9 Å². The monoisotopic (exact) mass is 537 g/mol. The van der Waals surface area contributed by atoms with Crippen LogP contribution in [0.4, 0.5) is 10.1 Å². The van der Waals surface area contributed by atoms with Gasteiger partial charge in [-0.2, -0.15) is 0 Å². The summed E-state index contributed by atoms with van der Waals surface area (Å²) in [5.41, 5.74) is 1.06. The molecule has 0 atom stereocenters. The number of fused-ring (bicyclic) bond motifs is 1. The van der Waals surface area contributed by atoms with E-state index in [1.807, 2.05) is 4.90 Å². The van der Waals surface area contributed by atoms with Crippen LogP contribution in [-0.2, 0) is 11.3 Å². The molecule has 1 aliphatic rings. The number of pyridine rings is 1. The number of nitrogens with zero attached hydrogens (tertiary/aromatic N) is 3. The molecule has 3 heterocycles. The van der Waals surface area contributed by atoms with Crippen LogP contribution in [0.15, 0.2) is 70.1 Å². The molecule has 2 aromatic heterocycles. The predicted octanol–water partition coefficient (Wildman–Crippen LogP) is 4.57. The predicted molar refractivity (Wildman–Crippen MR) is 142 cm³/mol. The fourth-order valence-corrected chi connectivity index (χ4v) is 4.92. The van der Waals surface area contributed by atoms with Gasteiger partial charge < -0.3 is 23.5 Å². The van der Waals surface area contributed by atoms with Crippen molar-refractivity contribution in [2.75, 3.05) is 37.7 Å². The number of rotatable bonds is 6. The second-order valence-corrected chi connectivity index (χ2v) is 9.32. The van der Waals surface area contributed by atoms with E-state index in [1.165, 1.54) is 23.0 Å². The van der Waals surface area contributed by atoms with Crippen LogP contribution in [0.3, 0.4) is 0 Å². The molecular weight excluding hydrogens is 513 g/mol. The van der Waals surface area contributed by atoms with E-state index in [-0.39, 0.29) is 36.2 Å². The van der Waals surface area contributed by atoms with E-state index in [2.05, 4.69) is 0 Å². The van der Waals surface area contributed by atoms with Crippen LogP contribution < -0.4 is 10.5 Å². The Morgan fingerprint density at radius 3 is 2.45 bits per heavy atom. The summed E-state index contributed by atoms with van der Waals surface area (Å²) in [5.74, 6) is -1.09. The molecule has 4 aromatic rings. The molecule has 10 heteroatoms. The zero-order chi connectivity index (χ0) is 26.8. The fraction of sp³-hybridized carbons (Fsp3) is 0.250. The van der Waals surface area contributed by atoms with Gasteiger partial charge in [0.1, 0.15) is 11.4 Å². The summed E-state index contributed by atoms with van der Waals surface area (Å²) < 4.78 is 25.5. The molecule has 0 bridgehead atoms. The Morgan fingerprint density at radius 1 is 1.05 bits per heavy atom. The van der Waals surface area contributed by atoms with Crippen molar-refractivity contribution in [1.29, 1.82) is 0 Å². The number of esters is 1. The van der Waals surface area contributed by atoms with Gasteiger partial charge >= 0.3 is 5.97 Å². The number of hydrogen-bond acceptors (Lipinski definition) is 6. The molecule has 5 rings (SSSR count). The molecule has 1 fully saturated rings. The smallest absolute Gasteiger partial charge is 0.345 e. The molecule has 0 unspecified atom stereocenters. The molecule has 1 amide bonds. The molecular formula is C28H25ClFN3O5. The zero-order valence-electron chi connectivity index (χ0n) is 20.7. The Bertz CT molecular complexity index is 1540. The van der Waals surface area contributed by atoms with Crippen LogP contribution in [0.5, 0.6) is 0 Å². The number of benzene rings is 2. The maximum Gasteiger partial charge on any atom is 0.345 e. The van der Waals surface area contributed by atoms with E-state index in [4.69, 9.17) is 20.8 Å². The van der Waals surface area contributed by atoms with Crippen molar-refractivity contribution in [1.82, 2.24) is 9.47 Å². The third-order valence-electron chi connectivity index (χ3n) is 6.55. The number of carbonyl (C=O) groups excluding carboxylic acids is 2. The molecule has 1 aliphatic heterocycles. The quantitative estimate of drug-likeness (QED) is 0.335. The summed E-state index contributed by atoms with van der Waals surface area (Å²) >= 11 is 6.39. The van der Waals surface area contributed by atoms with Crippen molar-refractivity contribution in [3.8, 4) is 0 Å². The molecule has 0 saturated carbocycles. The summed E-state index contributed by atoms with van der Waals surface area (Å²) in [4.78, 5) is 43.5. The van der Waals surface area contributed by atoms with Crippen LogP contribution in [0, 0.1) is 5.82 Å². The van der Waals surface area contributed by atoms with E-state index in [0.29, 0.717) is 53.4 Å². The van der Waals surface area contributed by atoms with Crippen molar-refractivity contribution in [2.45, 2.75) is 13.5 Å². The SMILES string of the molecule is CCOC(=O)c1c(N2CCN(C(=O)c3ccco3)CC2)c2cc(Cl)ccc2n(Cc2ccc(F)cc2)c1=O. The minimum absolute atomic E-state index is 0.0919. The Morgan fingerprint density at radius 2 is 1.79 bits per heavy atom. The number of furan rings is 1. The van der Waals surface area contributed by atoms with Gasteiger partial charge in [0.2, 0.25) is 0 Å². The Balaban J connectivity index is 1.60. The van der Waals surface area contributed by atoms with Crippen LogP contribution >= 0.6 is 11.6 Å². The number of halogens is 2. The lowest BCUT2D eigenvalue weighted by molar-refractivity contribution is 0.0523. The highest BCUT2D eigenvalue weighted by Crippen LogP contribution is 2.33. The van der Waals surface area contributed by atoms with E-state index in [0.717, 1.165) is 0 Å². The normalized spacial score (nSPS) is 13.7. The summed E-state index contributed by atoms with van der Waals surface area (Å²) in [6.45, 7) is 3.37. The molecule has 2 aromatic carbocycles. The first-order valence-electron chi connectivity index (χ1n) is 12.2. The maximum atomic E-state index is 13.9. The van der Waals surface area contributed by atoms with Crippen LogP contribution in [-0.4, -0.2) is 54.1 Å². The lowest BCUT2D eigenvalue weighted by Gasteiger charge is -2.37. The minimum Gasteiger partial charge on any atom is -0.462 e. The highest BCUT2D eigenvalue weighted by molar-refractivity contribution is 6.31. The Labute approximate surface area is 222 Å². The summed E-state index contributed by atoms with van der Waals surface area (Å²) in [5, 5.41) is 1.04. The highest BCUT2D eigenvalue weighted by Gasteiger charge is 2.31. The number of ether oxygens (including phenoxy) is 1. The van der Waals surface area contributed by atoms with Gasteiger partial charge in [-0.25, -0.2) is 9.18 Å². The van der Waals surface area contributed by atoms with Crippen LogP contribution in [0.1, 0.15) is 33.4 Å². The molecule has 8 nitrogen and oxygen atoms in total. The maximum absolute atomic E-state index is 13.9. The number of hydrogen-bond donors (Lipinski definition) is 0. The van der Waals surface area contributed by atoms with Gasteiger partial charge in [0.15, 0.2) is 5.76 Å². The standard InChI is InChI=1S/C28H25ClFN3O5/c1-2-37-28(36)24-25(31-11-13-32(14-12-31)26(34)23-4-3-15-38-23)21-16-19(29)7-10-22(21)33(27(24)35)17-18-5-8-20(30)9-6-18/h3-10,15-16H,2,11-14,17H2,1H3. The van der Waals surface area contributed by atoms with Gasteiger partial charge in [0.25, 0.3) is 11.5 Å². The molecule has 196 valence electrons. The molecule has 0 radical (unpaired) electrons. The minimum atomic E-state index is -0.740. The van der Waals surface area contributed by atoms with Gasteiger partial charge in [-0.3, -0.25) is 9.59 Å². The van der Waals surface area contributed by atoms with Gasteiger partial charge in [0.05, 0.1) is 30.6 Å². The number of anilines is 1. The fourth-order valence-electron chi connectivity index (χ4n) is 4.75. The van der Waals surface area contributed by atoms with Crippen LogP contribution in [0.2, 0.25) is 5.02 Å². The first-order chi connectivity index (χ1) is 18.4. The van der Waals surface area contributed by atoms with Gasteiger partial charge in [-0.05, 0) is 55.0 Å². The largest absolute Gasteiger partial charge is 0.462 e. The highest BCUT2D eigenvalue weighted by atomic mass is 35.5. The Kier molecular flexibility index (Phi) is 7.20. The Hall–Kier alpha value is -4.11. The topological polar surface area (TPSA) is 85.0 Å². The van der Waals surface area contributed by atoms with Crippen molar-refractivity contribution < 1.29 is 23.1 Å². The van der Waals surface area contributed by atoms with Gasteiger partial charge in [-0.1, -0.05) is 23.7 Å². The third-order valence-corrected chi connectivity index (χ3v) is 6.78. The zero-order valence-corrected chi connectivity index (χ0v) is 21.4. The first kappa shape index (κ1) is 25.5. The lowest BCUT2D eigenvalue weighted by atomic mass is 10.0. The van der Waals surface area contributed by atoms with E-state index < -0.39 is 11.5 Å². The molecule has 0 spiro atoms. The summed E-state index contributed by atoms with van der Waals surface area (Å²) in [6, 6.07) is 14.2. The summed E-state index contributed by atoms with van der Waals surface area (Å²) in [6.07, 6.45) is 1.45. The molecule has 1 saturated heterocycles. The number of aromatic nitrogens is 1. The summed E-state index contributed by atoms with van der Waals surface area (Å²) in [7, 11) is 0. The second-order valence-electron chi connectivity index (χ2n) is 8.88. The average Bonchev–Trinajstić information content (AvgIpc) is 3.46. The molecule has 0 aliphatic carbocycles. The second kappa shape index (κ2) is 10.7. The number of carbonyl (C=O) groups is 2. The van der Waals surface area contributed by atoms with Crippen molar-refractivity contribution in [3.05, 3.63) is 98.9 Å². The van der Waals surface area contributed by atoms with Crippen molar-refractivity contribution in [2.24, 2.45) is 0 Å². The van der Waals surface area contributed by atoms with E-state index in [9.17, 15) is 18.8 Å².